The van der Waals surface area contributed by atoms with Crippen molar-refractivity contribution in [3.63, 3.8) is 0 Å². The van der Waals surface area contributed by atoms with Gasteiger partial charge in [-0.3, -0.25) is 0 Å². The van der Waals surface area contributed by atoms with E-state index in [0.29, 0.717) is 16.9 Å². The molecule has 0 aromatic heterocycles. The molecule has 0 aliphatic carbocycles. The Morgan fingerprint density at radius 2 is 1.25 bits per heavy atom. The zero-order valence-corrected chi connectivity index (χ0v) is 14.7. The molecule has 0 spiro atoms. The summed E-state index contributed by atoms with van der Waals surface area (Å²) in [5, 5.41) is 0. The van der Waals surface area contributed by atoms with Gasteiger partial charge in [-0.1, -0.05) is 36.4 Å². The molecule has 0 atom stereocenters. The van der Waals surface area contributed by atoms with Gasteiger partial charge >= 0.3 is 16.4 Å². The van der Waals surface area contributed by atoms with Crippen LogP contribution in [0, 0.1) is 27.7 Å². The normalized spacial score (nSPS) is 11.0. The van der Waals surface area contributed by atoms with Gasteiger partial charge in [0.1, 0.15) is 11.5 Å². The minimum Gasteiger partial charge on any atom is -0.409 e. The second-order valence-electron chi connectivity index (χ2n) is 5.47. The average Bonchev–Trinajstić information content (AvgIpc) is 2.47. The maximum absolute atomic E-state index is 12.0. The van der Waals surface area contributed by atoms with E-state index in [0.717, 1.165) is 11.1 Å². The number of ether oxygens (including phenoxy) is 1. The van der Waals surface area contributed by atoms with E-state index in [1.807, 2.05) is 6.07 Å². The summed E-state index contributed by atoms with van der Waals surface area (Å²) < 4.78 is 35.9. The van der Waals surface area contributed by atoms with Gasteiger partial charge in [-0.2, -0.15) is 13.1 Å². The zero-order valence-electron chi connectivity index (χ0n) is 13.9. The van der Waals surface area contributed by atoms with Crippen LogP contribution < -0.4 is 13.6 Å². The lowest BCUT2D eigenvalue weighted by atomic mass is 10.1. The van der Waals surface area contributed by atoms with E-state index in [1.165, 1.54) is 0 Å². The van der Waals surface area contributed by atoms with Crippen LogP contribution in [-0.2, 0) is 10.3 Å². The van der Waals surface area contributed by atoms with Crippen LogP contribution in [0.5, 0.6) is 11.5 Å². The first-order chi connectivity index (χ1) is 11.2. The molecule has 0 aliphatic rings. The fourth-order valence-corrected chi connectivity index (χ4v) is 3.01. The third-order valence-corrected chi connectivity index (χ3v) is 4.22. The fourth-order valence-electron chi connectivity index (χ4n) is 2.24. The molecule has 24 heavy (non-hydrogen) atoms. The van der Waals surface area contributed by atoms with Crippen molar-refractivity contribution in [2.75, 3.05) is 0 Å². The Kier molecular flexibility index (Phi) is 5.14. The third kappa shape index (κ3) is 4.26. The summed E-state index contributed by atoms with van der Waals surface area (Å²) in [5.74, 6) is 0.502. The lowest BCUT2D eigenvalue weighted by Gasteiger charge is -2.13. The van der Waals surface area contributed by atoms with Crippen LogP contribution in [0.15, 0.2) is 36.4 Å². The molecular formula is C17H19NO5S. The zero-order chi connectivity index (χ0) is 17.9. The lowest BCUT2D eigenvalue weighted by molar-refractivity contribution is 0.205. The van der Waals surface area contributed by atoms with Crippen molar-refractivity contribution in [3.05, 3.63) is 58.7 Å². The standard InChI is InChI=1S/C17H19NO5S/c1-11-7-5-8-12(2)15(11)22-17(19)18-24(20,21)23-16-13(3)9-6-10-14(16)4/h5-10H,1-4H3,(H,18,19). The predicted molar refractivity (Wildman–Crippen MR) is 90.5 cm³/mol. The Morgan fingerprint density at radius 1 is 0.833 bits per heavy atom. The Bertz CT molecular complexity index is 834. The number of aryl methyl sites for hydroxylation is 4. The summed E-state index contributed by atoms with van der Waals surface area (Å²) in [6.07, 6.45) is -1.13. The minimum absolute atomic E-state index is 0.185. The van der Waals surface area contributed by atoms with Crippen molar-refractivity contribution in [1.29, 1.82) is 0 Å². The number of nitrogens with one attached hydrogen (secondary N) is 1. The molecule has 0 saturated heterocycles. The smallest absolute Gasteiger partial charge is 0.409 e. The SMILES string of the molecule is Cc1cccc(C)c1OC(=O)NS(=O)(=O)Oc1c(C)cccc1C. The van der Waals surface area contributed by atoms with Crippen LogP contribution in [-0.4, -0.2) is 14.5 Å². The molecule has 0 heterocycles. The molecule has 0 saturated carbocycles. The van der Waals surface area contributed by atoms with E-state index >= 15 is 0 Å². The van der Waals surface area contributed by atoms with E-state index < -0.39 is 16.4 Å². The number of hydrogen-bond acceptors (Lipinski definition) is 5. The average molecular weight is 349 g/mol. The number of hydrogen-bond donors (Lipinski definition) is 1. The molecule has 0 fully saturated rings. The summed E-state index contributed by atoms with van der Waals surface area (Å²) >= 11 is 0. The first-order valence-electron chi connectivity index (χ1n) is 7.26. The Labute approximate surface area is 141 Å². The van der Waals surface area contributed by atoms with Crippen LogP contribution in [0.2, 0.25) is 0 Å². The van der Waals surface area contributed by atoms with Gasteiger partial charge in [-0.25, -0.2) is 4.79 Å². The highest BCUT2D eigenvalue weighted by Crippen LogP contribution is 2.24. The van der Waals surface area contributed by atoms with E-state index in [2.05, 4.69) is 0 Å². The van der Waals surface area contributed by atoms with Crippen LogP contribution in [0.25, 0.3) is 0 Å². The third-order valence-electron chi connectivity index (χ3n) is 3.41. The maximum atomic E-state index is 12.0. The molecule has 0 aliphatic heterocycles. The number of carbonyl (C=O) groups excluding carboxylic acids is 1. The summed E-state index contributed by atoms with van der Waals surface area (Å²) in [7, 11) is -4.35. The first-order valence-corrected chi connectivity index (χ1v) is 8.67. The van der Waals surface area contributed by atoms with Crippen molar-refractivity contribution >= 4 is 16.4 Å². The van der Waals surface area contributed by atoms with Crippen LogP contribution in [0.1, 0.15) is 22.3 Å². The molecular weight excluding hydrogens is 330 g/mol. The second-order valence-corrected chi connectivity index (χ2v) is 6.75. The van der Waals surface area contributed by atoms with Crippen molar-refractivity contribution in [3.8, 4) is 11.5 Å². The number of rotatable bonds is 4. The van der Waals surface area contributed by atoms with Gasteiger partial charge in [-0.05, 0) is 49.9 Å². The van der Waals surface area contributed by atoms with Gasteiger partial charge < -0.3 is 8.92 Å². The highest BCUT2D eigenvalue weighted by molar-refractivity contribution is 7.85. The molecule has 0 unspecified atom stereocenters. The van der Waals surface area contributed by atoms with Crippen LogP contribution in [0.4, 0.5) is 4.79 Å². The monoisotopic (exact) mass is 349 g/mol. The van der Waals surface area contributed by atoms with Gasteiger partial charge in [0.2, 0.25) is 0 Å². The molecule has 1 N–H and O–H groups in total. The Hall–Kier alpha value is -2.54. The highest BCUT2D eigenvalue weighted by atomic mass is 32.2. The van der Waals surface area contributed by atoms with Gasteiger partial charge in [-0.15, -0.1) is 0 Å². The highest BCUT2D eigenvalue weighted by Gasteiger charge is 2.21. The number of benzene rings is 2. The molecule has 0 radical (unpaired) electrons. The molecule has 2 aromatic carbocycles. The molecule has 7 heteroatoms. The van der Waals surface area contributed by atoms with Gasteiger partial charge in [0, 0.05) is 0 Å². The largest absolute Gasteiger partial charge is 0.429 e. The summed E-state index contributed by atoms with van der Waals surface area (Å²) in [5.41, 5.74) is 2.73. The molecule has 128 valence electrons. The molecule has 6 nitrogen and oxygen atoms in total. The number of carbonyl (C=O) groups is 1. The summed E-state index contributed by atoms with van der Waals surface area (Å²) in [4.78, 5) is 11.9. The van der Waals surface area contributed by atoms with Crippen molar-refractivity contribution < 1.29 is 22.1 Å². The number of para-hydroxylation sites is 2. The van der Waals surface area contributed by atoms with Crippen LogP contribution >= 0.6 is 0 Å². The summed E-state index contributed by atoms with van der Waals surface area (Å²) in [6.45, 7) is 6.95. The topological polar surface area (TPSA) is 81.7 Å². The van der Waals surface area contributed by atoms with E-state index in [-0.39, 0.29) is 5.75 Å². The van der Waals surface area contributed by atoms with Crippen molar-refractivity contribution in [2.45, 2.75) is 27.7 Å². The van der Waals surface area contributed by atoms with E-state index in [1.54, 1.807) is 62.7 Å². The lowest BCUT2D eigenvalue weighted by Crippen LogP contribution is -2.36. The number of amides is 1. The van der Waals surface area contributed by atoms with E-state index in [9.17, 15) is 13.2 Å². The maximum Gasteiger partial charge on any atom is 0.429 e. The fraction of sp³-hybridized carbons (Fsp3) is 0.235. The summed E-state index contributed by atoms with van der Waals surface area (Å²) in [6, 6.07) is 10.6. The van der Waals surface area contributed by atoms with Crippen LogP contribution in [0.3, 0.4) is 0 Å². The van der Waals surface area contributed by atoms with Gasteiger partial charge in [0.05, 0.1) is 0 Å². The second kappa shape index (κ2) is 6.92. The predicted octanol–water partition coefficient (Wildman–Crippen LogP) is 3.33. The first kappa shape index (κ1) is 17.8. The quantitative estimate of drug-likeness (QED) is 0.915. The Morgan fingerprint density at radius 3 is 1.71 bits per heavy atom. The minimum atomic E-state index is -4.35. The van der Waals surface area contributed by atoms with E-state index in [4.69, 9.17) is 8.92 Å². The van der Waals surface area contributed by atoms with Crippen molar-refractivity contribution in [2.24, 2.45) is 0 Å². The van der Waals surface area contributed by atoms with Crippen molar-refractivity contribution in [1.82, 2.24) is 4.72 Å². The Balaban J connectivity index is 2.13. The van der Waals surface area contributed by atoms with Gasteiger partial charge in [0.15, 0.2) is 0 Å². The molecule has 1 amide bonds. The molecule has 0 bridgehead atoms. The molecule has 2 aromatic rings. The molecule has 2 rings (SSSR count). The van der Waals surface area contributed by atoms with Gasteiger partial charge in [0.25, 0.3) is 0 Å².